The third-order valence-electron chi connectivity index (χ3n) is 5.43. The Morgan fingerprint density at radius 1 is 1.38 bits per heavy atom. The Balaban J connectivity index is 1.62. The number of carboxylic acids is 1. The van der Waals surface area contributed by atoms with Crippen molar-refractivity contribution in [2.75, 3.05) is 26.8 Å². The predicted octanol–water partition coefficient (Wildman–Crippen LogP) is 1.47. The van der Waals surface area contributed by atoms with Crippen molar-refractivity contribution < 1.29 is 14.6 Å². The Morgan fingerprint density at radius 2 is 2.19 bits per heavy atom. The lowest BCUT2D eigenvalue weighted by Gasteiger charge is -2.42. The lowest BCUT2D eigenvalue weighted by Crippen LogP contribution is -2.58. The summed E-state index contributed by atoms with van der Waals surface area (Å²) in [6, 6.07) is 0.864. The second-order valence-electron chi connectivity index (χ2n) is 7.16. The van der Waals surface area contributed by atoms with Crippen LogP contribution in [0.5, 0.6) is 0 Å². The molecular weight excluding hydrogens is 268 g/mol. The third-order valence-corrected chi connectivity index (χ3v) is 5.43. The minimum absolute atomic E-state index is 0.419. The molecule has 2 N–H and O–H groups in total. The molecule has 2 aliphatic carbocycles. The molecular formula is C16H28N2O3. The van der Waals surface area contributed by atoms with Gasteiger partial charge >= 0.3 is 5.97 Å². The smallest absolute Gasteiger partial charge is 0.323 e. The van der Waals surface area contributed by atoms with E-state index in [0.717, 1.165) is 58.2 Å². The first-order chi connectivity index (χ1) is 10.1. The van der Waals surface area contributed by atoms with Gasteiger partial charge in [-0.3, -0.25) is 15.0 Å². The van der Waals surface area contributed by atoms with Crippen LogP contribution in [0.1, 0.15) is 44.9 Å². The van der Waals surface area contributed by atoms with Crippen LogP contribution in [-0.2, 0) is 9.53 Å². The van der Waals surface area contributed by atoms with Crippen LogP contribution < -0.4 is 5.32 Å². The van der Waals surface area contributed by atoms with E-state index in [-0.39, 0.29) is 0 Å². The molecule has 1 saturated heterocycles. The highest BCUT2D eigenvalue weighted by molar-refractivity contribution is 5.79. The Kier molecular flexibility index (Phi) is 4.52. The lowest BCUT2D eigenvalue weighted by molar-refractivity contribution is -0.147. The number of nitrogens with one attached hydrogen (secondary N) is 1. The van der Waals surface area contributed by atoms with Crippen LogP contribution in [-0.4, -0.2) is 60.4 Å². The van der Waals surface area contributed by atoms with Crippen molar-refractivity contribution in [2.45, 2.75) is 62.6 Å². The van der Waals surface area contributed by atoms with E-state index in [1.807, 2.05) is 0 Å². The van der Waals surface area contributed by atoms with Crippen molar-refractivity contribution in [3.8, 4) is 0 Å². The molecule has 0 aromatic rings. The Hall–Kier alpha value is -0.650. The molecule has 0 amide bonds. The highest BCUT2D eigenvalue weighted by Gasteiger charge is 2.47. The Labute approximate surface area is 127 Å². The van der Waals surface area contributed by atoms with Gasteiger partial charge in [0.2, 0.25) is 0 Å². The zero-order valence-corrected chi connectivity index (χ0v) is 13.0. The maximum atomic E-state index is 11.9. The van der Waals surface area contributed by atoms with E-state index in [9.17, 15) is 9.90 Å². The molecule has 5 nitrogen and oxygen atoms in total. The summed E-state index contributed by atoms with van der Waals surface area (Å²) in [4.78, 5) is 14.4. The SMILES string of the molecule is COCC1CCN(C2CCCC(NC3CC3)(C(=O)O)C2)C1. The van der Waals surface area contributed by atoms with Crippen LogP contribution in [0, 0.1) is 5.92 Å². The van der Waals surface area contributed by atoms with Gasteiger partial charge < -0.3 is 9.84 Å². The summed E-state index contributed by atoms with van der Waals surface area (Å²) >= 11 is 0. The van der Waals surface area contributed by atoms with Crippen molar-refractivity contribution in [3.63, 3.8) is 0 Å². The average Bonchev–Trinajstić information content (AvgIpc) is 3.14. The fraction of sp³-hybridized carbons (Fsp3) is 0.938. The van der Waals surface area contributed by atoms with Crippen molar-refractivity contribution >= 4 is 5.97 Å². The van der Waals surface area contributed by atoms with Gasteiger partial charge in [0.15, 0.2) is 0 Å². The number of aliphatic carboxylic acids is 1. The second kappa shape index (κ2) is 6.23. The van der Waals surface area contributed by atoms with E-state index in [1.54, 1.807) is 7.11 Å². The minimum atomic E-state index is -0.677. The largest absolute Gasteiger partial charge is 0.480 e. The van der Waals surface area contributed by atoms with Gasteiger partial charge in [-0.15, -0.1) is 0 Å². The summed E-state index contributed by atoms with van der Waals surface area (Å²) in [7, 11) is 1.76. The van der Waals surface area contributed by atoms with Gasteiger partial charge in [-0.2, -0.15) is 0 Å². The predicted molar refractivity (Wildman–Crippen MR) is 80.3 cm³/mol. The van der Waals surface area contributed by atoms with Crippen molar-refractivity contribution in [1.29, 1.82) is 0 Å². The summed E-state index contributed by atoms with van der Waals surface area (Å²) in [6.07, 6.45) is 7.16. The summed E-state index contributed by atoms with van der Waals surface area (Å²) in [5.74, 6) is -0.0284. The van der Waals surface area contributed by atoms with Crippen LogP contribution in [0.3, 0.4) is 0 Å². The highest BCUT2D eigenvalue weighted by atomic mass is 16.5. The molecule has 0 aromatic heterocycles. The van der Waals surface area contributed by atoms with Crippen LogP contribution in [0.15, 0.2) is 0 Å². The third kappa shape index (κ3) is 3.41. The van der Waals surface area contributed by atoms with E-state index in [1.165, 1.54) is 6.42 Å². The normalized spacial score (nSPS) is 37.8. The van der Waals surface area contributed by atoms with E-state index >= 15 is 0 Å². The van der Waals surface area contributed by atoms with E-state index in [4.69, 9.17) is 4.74 Å². The minimum Gasteiger partial charge on any atom is -0.480 e. The molecule has 120 valence electrons. The van der Waals surface area contributed by atoms with Gasteiger partial charge in [0.05, 0.1) is 6.61 Å². The molecule has 0 aromatic carbocycles. The van der Waals surface area contributed by atoms with Gasteiger partial charge in [-0.05, 0) is 57.4 Å². The van der Waals surface area contributed by atoms with Crippen molar-refractivity contribution in [3.05, 3.63) is 0 Å². The zero-order valence-electron chi connectivity index (χ0n) is 13.0. The number of carbonyl (C=O) groups is 1. The zero-order chi connectivity index (χ0) is 14.9. The van der Waals surface area contributed by atoms with Gasteiger partial charge in [-0.25, -0.2) is 0 Å². The summed E-state index contributed by atoms with van der Waals surface area (Å²) < 4.78 is 5.27. The average molecular weight is 296 g/mol. The molecule has 5 heteroatoms. The summed E-state index contributed by atoms with van der Waals surface area (Å²) in [5.41, 5.74) is -0.677. The Morgan fingerprint density at radius 3 is 2.86 bits per heavy atom. The van der Waals surface area contributed by atoms with E-state index in [0.29, 0.717) is 18.0 Å². The van der Waals surface area contributed by atoms with Gasteiger partial charge in [0, 0.05) is 25.7 Å². The lowest BCUT2D eigenvalue weighted by atomic mass is 9.78. The number of nitrogens with zero attached hydrogens (tertiary/aromatic N) is 1. The maximum Gasteiger partial charge on any atom is 0.323 e. The standard InChI is InChI=1S/C16H28N2O3/c1-21-11-12-6-8-18(10-12)14-3-2-7-16(9-14,15(19)20)17-13-4-5-13/h12-14,17H,2-11H2,1H3,(H,19,20). The molecule has 2 saturated carbocycles. The molecule has 21 heavy (non-hydrogen) atoms. The number of ether oxygens (including phenoxy) is 1. The monoisotopic (exact) mass is 296 g/mol. The number of likely N-dealkylation sites (tertiary alicyclic amines) is 1. The first kappa shape index (κ1) is 15.3. The summed E-state index contributed by atoms with van der Waals surface area (Å²) in [5, 5.41) is 13.2. The molecule has 1 heterocycles. The van der Waals surface area contributed by atoms with Crippen molar-refractivity contribution in [1.82, 2.24) is 10.2 Å². The quantitative estimate of drug-likeness (QED) is 0.777. The highest BCUT2D eigenvalue weighted by Crippen LogP contribution is 2.36. The van der Waals surface area contributed by atoms with Crippen molar-refractivity contribution in [2.24, 2.45) is 5.92 Å². The number of methoxy groups -OCH3 is 1. The molecule has 0 radical (unpaired) electrons. The molecule has 3 aliphatic rings. The maximum absolute atomic E-state index is 11.9. The van der Waals surface area contributed by atoms with E-state index in [2.05, 4.69) is 10.2 Å². The fourth-order valence-electron chi connectivity index (χ4n) is 4.13. The first-order valence-electron chi connectivity index (χ1n) is 8.37. The number of carboxylic acid groups (broad SMARTS) is 1. The molecule has 3 fully saturated rings. The number of rotatable bonds is 6. The second-order valence-corrected chi connectivity index (χ2v) is 7.16. The first-order valence-corrected chi connectivity index (χ1v) is 8.37. The summed E-state index contributed by atoms with van der Waals surface area (Å²) in [6.45, 7) is 2.99. The van der Waals surface area contributed by atoms with Gasteiger partial charge in [0.1, 0.15) is 5.54 Å². The fourth-order valence-corrected chi connectivity index (χ4v) is 4.13. The molecule has 3 rings (SSSR count). The van der Waals surface area contributed by atoms with E-state index < -0.39 is 11.5 Å². The number of hydrogen-bond donors (Lipinski definition) is 2. The van der Waals surface area contributed by atoms with Crippen LogP contribution in [0.25, 0.3) is 0 Å². The topological polar surface area (TPSA) is 61.8 Å². The van der Waals surface area contributed by atoms with Crippen LogP contribution >= 0.6 is 0 Å². The molecule has 3 unspecified atom stereocenters. The van der Waals surface area contributed by atoms with Crippen LogP contribution in [0.4, 0.5) is 0 Å². The molecule has 3 atom stereocenters. The molecule has 0 bridgehead atoms. The molecule has 1 aliphatic heterocycles. The van der Waals surface area contributed by atoms with Gasteiger partial charge in [-0.1, -0.05) is 0 Å². The number of hydrogen-bond acceptors (Lipinski definition) is 4. The van der Waals surface area contributed by atoms with Gasteiger partial charge in [0.25, 0.3) is 0 Å². The molecule has 0 spiro atoms. The van der Waals surface area contributed by atoms with Crippen LogP contribution in [0.2, 0.25) is 0 Å². The Bertz CT molecular complexity index is 386.